The number of hydrogen-bond acceptors (Lipinski definition) is 2. The van der Waals surface area contributed by atoms with E-state index in [9.17, 15) is 4.79 Å². The standard InChI is InChI=1S/C13H24O2/c1-12(2,3)11(14)13(15-4)9-7-5-6-8-10-13/h5-10H2,1-4H3. The Bertz CT molecular complexity index is 217. The van der Waals surface area contributed by atoms with Crippen LogP contribution < -0.4 is 0 Å². The Labute approximate surface area is 93.4 Å². The molecule has 0 aromatic carbocycles. The number of carbonyl (C=O) groups excluding carboxylic acids is 1. The van der Waals surface area contributed by atoms with Crippen molar-refractivity contribution < 1.29 is 9.53 Å². The van der Waals surface area contributed by atoms with Crippen LogP contribution in [-0.2, 0) is 9.53 Å². The molecule has 0 atom stereocenters. The molecule has 0 spiro atoms. The van der Waals surface area contributed by atoms with Gasteiger partial charge < -0.3 is 4.74 Å². The molecular formula is C13H24O2. The minimum absolute atomic E-state index is 0.277. The van der Waals surface area contributed by atoms with Crippen molar-refractivity contribution in [2.75, 3.05) is 7.11 Å². The van der Waals surface area contributed by atoms with E-state index >= 15 is 0 Å². The van der Waals surface area contributed by atoms with Crippen molar-refractivity contribution in [2.24, 2.45) is 5.41 Å². The van der Waals surface area contributed by atoms with Crippen LogP contribution >= 0.6 is 0 Å². The Morgan fingerprint density at radius 3 is 1.87 bits per heavy atom. The Morgan fingerprint density at radius 2 is 1.53 bits per heavy atom. The zero-order valence-electron chi connectivity index (χ0n) is 10.6. The van der Waals surface area contributed by atoms with E-state index in [1.165, 1.54) is 12.8 Å². The van der Waals surface area contributed by atoms with Gasteiger partial charge in [0.1, 0.15) is 5.60 Å². The maximum Gasteiger partial charge on any atom is 0.169 e. The highest BCUT2D eigenvalue weighted by Crippen LogP contribution is 2.36. The molecule has 15 heavy (non-hydrogen) atoms. The fourth-order valence-electron chi connectivity index (χ4n) is 2.51. The number of methoxy groups -OCH3 is 1. The van der Waals surface area contributed by atoms with Crippen molar-refractivity contribution in [1.29, 1.82) is 0 Å². The average Bonchev–Trinajstić information content (AvgIpc) is 2.41. The Balaban J connectivity index is 2.87. The summed E-state index contributed by atoms with van der Waals surface area (Å²) in [7, 11) is 1.69. The molecule has 0 N–H and O–H groups in total. The van der Waals surface area contributed by atoms with Gasteiger partial charge in [-0.1, -0.05) is 46.5 Å². The Kier molecular flexibility index (Phi) is 3.93. The number of hydrogen-bond donors (Lipinski definition) is 0. The molecule has 2 nitrogen and oxygen atoms in total. The molecule has 0 aromatic heterocycles. The van der Waals surface area contributed by atoms with Crippen molar-refractivity contribution in [2.45, 2.75) is 64.9 Å². The number of ketones is 1. The van der Waals surface area contributed by atoms with Gasteiger partial charge in [0.05, 0.1) is 0 Å². The lowest BCUT2D eigenvalue weighted by molar-refractivity contribution is -0.151. The van der Waals surface area contributed by atoms with Crippen LogP contribution in [0.25, 0.3) is 0 Å². The molecule has 0 saturated heterocycles. The van der Waals surface area contributed by atoms with Gasteiger partial charge >= 0.3 is 0 Å². The summed E-state index contributed by atoms with van der Waals surface area (Å²) in [6.07, 6.45) is 6.52. The molecule has 0 amide bonds. The summed E-state index contributed by atoms with van der Waals surface area (Å²) in [6.45, 7) is 5.96. The van der Waals surface area contributed by atoms with E-state index in [0.29, 0.717) is 0 Å². The lowest BCUT2D eigenvalue weighted by atomic mass is 9.76. The summed E-state index contributed by atoms with van der Waals surface area (Å²) in [5.41, 5.74) is -0.783. The highest BCUT2D eigenvalue weighted by atomic mass is 16.5. The van der Waals surface area contributed by atoms with Crippen molar-refractivity contribution in [3.8, 4) is 0 Å². The second kappa shape index (κ2) is 4.65. The van der Waals surface area contributed by atoms with Gasteiger partial charge in [-0.05, 0) is 12.8 Å². The first kappa shape index (κ1) is 12.7. The molecule has 0 aromatic rings. The lowest BCUT2D eigenvalue weighted by Crippen LogP contribution is -2.46. The van der Waals surface area contributed by atoms with Crippen molar-refractivity contribution in [3.63, 3.8) is 0 Å². The van der Waals surface area contributed by atoms with Gasteiger partial charge in [-0.25, -0.2) is 0 Å². The third-order valence-corrected chi connectivity index (χ3v) is 3.40. The molecule has 1 fully saturated rings. The van der Waals surface area contributed by atoms with E-state index in [2.05, 4.69) is 0 Å². The van der Waals surface area contributed by atoms with Gasteiger partial charge in [0.2, 0.25) is 0 Å². The highest BCUT2D eigenvalue weighted by Gasteiger charge is 2.43. The zero-order valence-corrected chi connectivity index (χ0v) is 10.6. The van der Waals surface area contributed by atoms with E-state index in [1.54, 1.807) is 7.11 Å². The summed E-state index contributed by atoms with van der Waals surface area (Å²) in [6, 6.07) is 0. The molecule has 1 saturated carbocycles. The number of ether oxygens (including phenoxy) is 1. The Hall–Kier alpha value is -0.370. The molecule has 0 unspecified atom stereocenters. The minimum atomic E-state index is -0.491. The molecule has 0 aliphatic heterocycles. The predicted octanol–water partition coefficient (Wildman–Crippen LogP) is 3.34. The first-order valence-electron chi connectivity index (χ1n) is 6.02. The molecule has 1 aliphatic carbocycles. The summed E-state index contributed by atoms with van der Waals surface area (Å²) >= 11 is 0. The molecule has 2 heteroatoms. The van der Waals surface area contributed by atoms with E-state index in [1.807, 2.05) is 20.8 Å². The van der Waals surface area contributed by atoms with Crippen LogP contribution in [0.5, 0.6) is 0 Å². The average molecular weight is 212 g/mol. The van der Waals surface area contributed by atoms with Crippen LogP contribution in [0.15, 0.2) is 0 Å². The maximum atomic E-state index is 12.4. The minimum Gasteiger partial charge on any atom is -0.370 e. The van der Waals surface area contributed by atoms with Crippen molar-refractivity contribution in [1.82, 2.24) is 0 Å². The number of carbonyl (C=O) groups is 1. The molecule has 0 bridgehead atoms. The molecule has 1 aliphatic rings. The second-order valence-electron chi connectivity index (χ2n) is 5.69. The smallest absolute Gasteiger partial charge is 0.169 e. The van der Waals surface area contributed by atoms with Crippen LogP contribution in [0, 0.1) is 5.41 Å². The lowest BCUT2D eigenvalue weighted by Gasteiger charge is -2.35. The molecule has 1 rings (SSSR count). The fourth-order valence-corrected chi connectivity index (χ4v) is 2.51. The van der Waals surface area contributed by atoms with E-state index < -0.39 is 5.60 Å². The molecule has 0 heterocycles. The quantitative estimate of drug-likeness (QED) is 0.656. The van der Waals surface area contributed by atoms with Crippen molar-refractivity contribution in [3.05, 3.63) is 0 Å². The van der Waals surface area contributed by atoms with Crippen LogP contribution in [0.2, 0.25) is 0 Å². The van der Waals surface area contributed by atoms with Gasteiger partial charge in [0, 0.05) is 12.5 Å². The highest BCUT2D eigenvalue weighted by molar-refractivity contribution is 5.91. The normalized spacial score (nSPS) is 22.1. The van der Waals surface area contributed by atoms with E-state index in [-0.39, 0.29) is 11.2 Å². The zero-order chi connectivity index (χ0) is 11.5. The monoisotopic (exact) mass is 212 g/mol. The maximum absolute atomic E-state index is 12.4. The second-order valence-corrected chi connectivity index (χ2v) is 5.69. The van der Waals surface area contributed by atoms with Crippen LogP contribution in [0.4, 0.5) is 0 Å². The molecular weight excluding hydrogens is 188 g/mol. The summed E-state index contributed by atoms with van der Waals surface area (Å²) in [5, 5.41) is 0. The largest absolute Gasteiger partial charge is 0.370 e. The number of Topliss-reactive ketones (excluding diaryl/α,β-unsaturated/α-hetero) is 1. The van der Waals surface area contributed by atoms with Crippen LogP contribution in [0.1, 0.15) is 59.3 Å². The van der Waals surface area contributed by atoms with Gasteiger partial charge in [-0.15, -0.1) is 0 Å². The summed E-state index contributed by atoms with van der Waals surface area (Å²) < 4.78 is 5.60. The Morgan fingerprint density at radius 1 is 1.07 bits per heavy atom. The van der Waals surface area contributed by atoms with Gasteiger partial charge in [0.25, 0.3) is 0 Å². The third-order valence-electron chi connectivity index (χ3n) is 3.40. The molecule has 0 radical (unpaired) electrons. The SMILES string of the molecule is COC1(C(=O)C(C)(C)C)CCCCCC1. The summed E-state index contributed by atoms with van der Waals surface area (Å²) in [5.74, 6) is 0.277. The predicted molar refractivity (Wildman–Crippen MR) is 61.9 cm³/mol. The topological polar surface area (TPSA) is 26.3 Å². The first-order chi connectivity index (χ1) is 6.92. The van der Waals surface area contributed by atoms with Crippen molar-refractivity contribution >= 4 is 5.78 Å². The fraction of sp³-hybridized carbons (Fsp3) is 0.923. The number of rotatable bonds is 2. The van der Waals surface area contributed by atoms with E-state index in [0.717, 1.165) is 25.7 Å². The van der Waals surface area contributed by atoms with Crippen LogP contribution in [0.3, 0.4) is 0 Å². The molecule has 88 valence electrons. The van der Waals surface area contributed by atoms with E-state index in [4.69, 9.17) is 4.74 Å². The van der Waals surface area contributed by atoms with Crippen LogP contribution in [-0.4, -0.2) is 18.5 Å². The van der Waals surface area contributed by atoms with Gasteiger partial charge in [-0.3, -0.25) is 4.79 Å². The third kappa shape index (κ3) is 2.81. The van der Waals surface area contributed by atoms with Gasteiger partial charge in [0.15, 0.2) is 5.78 Å². The summed E-state index contributed by atoms with van der Waals surface area (Å²) in [4.78, 5) is 12.4. The first-order valence-corrected chi connectivity index (χ1v) is 6.02. The van der Waals surface area contributed by atoms with Gasteiger partial charge in [-0.2, -0.15) is 0 Å².